The molecule has 13 heavy (non-hydrogen) atoms. The highest BCUT2D eigenvalue weighted by Gasteiger charge is 2.03. The molecule has 0 aromatic carbocycles. The SMILES string of the molecule is CCC[C@H](C)Sc1cc[n+]([O-])cc1. The van der Waals surface area contributed by atoms with E-state index in [9.17, 15) is 5.21 Å². The average Bonchev–Trinajstić information content (AvgIpc) is 2.09. The van der Waals surface area contributed by atoms with Crippen LogP contribution < -0.4 is 4.73 Å². The van der Waals surface area contributed by atoms with Gasteiger partial charge in [0.05, 0.1) is 0 Å². The van der Waals surface area contributed by atoms with Crippen molar-refractivity contribution in [1.82, 2.24) is 0 Å². The number of pyridine rings is 1. The van der Waals surface area contributed by atoms with Gasteiger partial charge in [-0.1, -0.05) is 20.3 Å². The Morgan fingerprint density at radius 3 is 2.62 bits per heavy atom. The molecule has 0 spiro atoms. The second-order valence-electron chi connectivity index (χ2n) is 3.11. The van der Waals surface area contributed by atoms with Crippen molar-refractivity contribution in [2.45, 2.75) is 36.8 Å². The van der Waals surface area contributed by atoms with E-state index in [0.717, 1.165) is 4.73 Å². The Labute approximate surface area is 83.6 Å². The molecule has 0 saturated heterocycles. The molecule has 1 rings (SSSR count). The van der Waals surface area contributed by atoms with Crippen molar-refractivity contribution in [3.8, 4) is 0 Å². The van der Waals surface area contributed by atoms with Crippen molar-refractivity contribution in [1.29, 1.82) is 0 Å². The molecule has 0 unspecified atom stereocenters. The van der Waals surface area contributed by atoms with E-state index in [1.54, 1.807) is 12.4 Å². The molecular formula is C10H15NOS. The Morgan fingerprint density at radius 2 is 2.08 bits per heavy atom. The smallest absolute Gasteiger partial charge is 0.181 e. The fourth-order valence-corrected chi connectivity index (χ4v) is 2.27. The quantitative estimate of drug-likeness (QED) is 0.421. The molecule has 1 atom stereocenters. The van der Waals surface area contributed by atoms with Crippen LogP contribution in [0.1, 0.15) is 26.7 Å². The van der Waals surface area contributed by atoms with Gasteiger partial charge in [-0.2, -0.15) is 4.73 Å². The van der Waals surface area contributed by atoms with Gasteiger partial charge in [-0.15, -0.1) is 11.8 Å². The van der Waals surface area contributed by atoms with E-state index in [1.807, 2.05) is 23.9 Å². The minimum atomic E-state index is 0.632. The molecule has 0 N–H and O–H groups in total. The molecule has 72 valence electrons. The molecular weight excluding hydrogens is 182 g/mol. The van der Waals surface area contributed by atoms with Crippen LogP contribution in [0.5, 0.6) is 0 Å². The summed E-state index contributed by atoms with van der Waals surface area (Å²) in [5.41, 5.74) is 0. The maximum atomic E-state index is 10.7. The van der Waals surface area contributed by atoms with Gasteiger partial charge in [0.2, 0.25) is 0 Å². The van der Waals surface area contributed by atoms with Crippen LogP contribution in [0.3, 0.4) is 0 Å². The Hall–Kier alpha value is -0.700. The van der Waals surface area contributed by atoms with Crippen molar-refractivity contribution in [2.75, 3.05) is 0 Å². The first-order valence-corrected chi connectivity index (χ1v) is 5.46. The summed E-state index contributed by atoms with van der Waals surface area (Å²) >= 11 is 1.82. The Balaban J connectivity index is 2.49. The zero-order valence-corrected chi connectivity index (χ0v) is 8.88. The Kier molecular flexibility index (Phi) is 4.09. The van der Waals surface area contributed by atoms with Crippen molar-refractivity contribution < 1.29 is 4.73 Å². The third kappa shape index (κ3) is 3.68. The van der Waals surface area contributed by atoms with E-state index in [2.05, 4.69) is 13.8 Å². The highest BCUT2D eigenvalue weighted by molar-refractivity contribution is 7.99. The summed E-state index contributed by atoms with van der Waals surface area (Å²) in [4.78, 5) is 1.17. The molecule has 0 fully saturated rings. The lowest BCUT2D eigenvalue weighted by molar-refractivity contribution is -0.605. The summed E-state index contributed by atoms with van der Waals surface area (Å²) in [6.45, 7) is 4.40. The zero-order chi connectivity index (χ0) is 9.68. The highest BCUT2D eigenvalue weighted by atomic mass is 32.2. The monoisotopic (exact) mass is 197 g/mol. The van der Waals surface area contributed by atoms with Crippen LogP contribution in [0.15, 0.2) is 29.4 Å². The molecule has 0 bridgehead atoms. The van der Waals surface area contributed by atoms with Crippen molar-refractivity contribution in [2.24, 2.45) is 0 Å². The molecule has 0 aliphatic carbocycles. The third-order valence-corrected chi connectivity index (χ3v) is 2.99. The number of aromatic nitrogens is 1. The lowest BCUT2D eigenvalue weighted by Gasteiger charge is -2.08. The molecule has 1 aromatic heterocycles. The first kappa shape index (κ1) is 10.4. The minimum Gasteiger partial charge on any atom is -0.619 e. The molecule has 0 aliphatic rings. The van der Waals surface area contributed by atoms with Gasteiger partial charge in [-0.25, -0.2) is 0 Å². The lowest BCUT2D eigenvalue weighted by Crippen LogP contribution is -2.23. The number of hydrogen-bond donors (Lipinski definition) is 0. The van der Waals surface area contributed by atoms with Gasteiger partial charge in [0.1, 0.15) is 0 Å². The Morgan fingerprint density at radius 1 is 1.46 bits per heavy atom. The second kappa shape index (κ2) is 5.12. The standard InChI is InChI=1S/C10H15NOS/c1-3-4-9(2)13-10-5-7-11(12)8-6-10/h5-9H,3-4H2,1-2H3/t9-/m0/s1. The number of hydrogen-bond acceptors (Lipinski definition) is 2. The predicted octanol–water partition coefficient (Wildman–Crippen LogP) is 2.60. The first-order valence-electron chi connectivity index (χ1n) is 4.58. The van der Waals surface area contributed by atoms with Gasteiger partial charge >= 0.3 is 0 Å². The number of rotatable bonds is 4. The summed E-state index contributed by atoms with van der Waals surface area (Å²) in [6.07, 6.45) is 5.52. The fourth-order valence-electron chi connectivity index (χ4n) is 1.18. The van der Waals surface area contributed by atoms with Gasteiger partial charge in [0, 0.05) is 22.3 Å². The van der Waals surface area contributed by atoms with Gasteiger partial charge in [0.25, 0.3) is 0 Å². The van der Waals surface area contributed by atoms with Crippen LogP contribution in [0.2, 0.25) is 0 Å². The minimum absolute atomic E-state index is 0.632. The van der Waals surface area contributed by atoms with Crippen molar-refractivity contribution in [3.05, 3.63) is 29.7 Å². The summed E-state index contributed by atoms with van der Waals surface area (Å²) < 4.78 is 0.814. The van der Waals surface area contributed by atoms with Gasteiger partial charge in [0.15, 0.2) is 12.4 Å². The van der Waals surface area contributed by atoms with Crippen LogP contribution in [-0.2, 0) is 0 Å². The number of thioether (sulfide) groups is 1. The fraction of sp³-hybridized carbons (Fsp3) is 0.500. The van der Waals surface area contributed by atoms with Crippen LogP contribution in [0, 0.1) is 5.21 Å². The van der Waals surface area contributed by atoms with Crippen molar-refractivity contribution in [3.63, 3.8) is 0 Å². The van der Waals surface area contributed by atoms with E-state index in [4.69, 9.17) is 0 Å². The number of nitrogens with zero attached hydrogens (tertiary/aromatic N) is 1. The molecule has 2 nitrogen and oxygen atoms in total. The van der Waals surface area contributed by atoms with E-state index in [1.165, 1.54) is 17.7 Å². The summed E-state index contributed by atoms with van der Waals surface area (Å²) in [5.74, 6) is 0. The van der Waals surface area contributed by atoms with Crippen LogP contribution in [-0.4, -0.2) is 5.25 Å². The predicted molar refractivity (Wildman–Crippen MR) is 55.6 cm³/mol. The maximum absolute atomic E-state index is 10.7. The van der Waals surface area contributed by atoms with Gasteiger partial charge in [-0.3, -0.25) is 0 Å². The second-order valence-corrected chi connectivity index (χ2v) is 4.62. The normalized spacial score (nSPS) is 12.8. The molecule has 1 aromatic rings. The van der Waals surface area contributed by atoms with Crippen LogP contribution >= 0.6 is 11.8 Å². The summed E-state index contributed by atoms with van der Waals surface area (Å²) in [7, 11) is 0. The third-order valence-electron chi connectivity index (χ3n) is 1.80. The lowest BCUT2D eigenvalue weighted by atomic mass is 10.3. The zero-order valence-electron chi connectivity index (χ0n) is 8.06. The molecule has 0 radical (unpaired) electrons. The van der Waals surface area contributed by atoms with E-state index in [-0.39, 0.29) is 0 Å². The molecule has 3 heteroatoms. The van der Waals surface area contributed by atoms with E-state index < -0.39 is 0 Å². The molecule has 0 aliphatic heterocycles. The summed E-state index contributed by atoms with van der Waals surface area (Å²) in [5, 5.41) is 11.4. The molecule has 0 saturated carbocycles. The van der Waals surface area contributed by atoms with Crippen molar-refractivity contribution >= 4 is 11.8 Å². The van der Waals surface area contributed by atoms with E-state index in [0.29, 0.717) is 5.25 Å². The Bertz CT molecular complexity index is 248. The summed E-state index contributed by atoms with van der Waals surface area (Å²) in [6, 6.07) is 3.73. The van der Waals surface area contributed by atoms with Crippen LogP contribution in [0.4, 0.5) is 0 Å². The topological polar surface area (TPSA) is 26.9 Å². The van der Waals surface area contributed by atoms with Gasteiger partial charge < -0.3 is 5.21 Å². The van der Waals surface area contributed by atoms with E-state index >= 15 is 0 Å². The largest absolute Gasteiger partial charge is 0.619 e. The average molecular weight is 197 g/mol. The maximum Gasteiger partial charge on any atom is 0.181 e. The molecule has 1 heterocycles. The van der Waals surface area contributed by atoms with Gasteiger partial charge in [-0.05, 0) is 6.42 Å². The van der Waals surface area contributed by atoms with Crippen LogP contribution in [0.25, 0.3) is 0 Å². The first-order chi connectivity index (χ1) is 6.22. The molecule has 0 amide bonds. The highest BCUT2D eigenvalue weighted by Crippen LogP contribution is 2.24.